The van der Waals surface area contributed by atoms with Crippen molar-refractivity contribution in [3.05, 3.63) is 12.4 Å². The van der Waals surface area contributed by atoms with Gasteiger partial charge in [0.2, 0.25) is 5.88 Å². The van der Waals surface area contributed by atoms with E-state index in [1.807, 2.05) is 13.0 Å². The van der Waals surface area contributed by atoms with Crippen molar-refractivity contribution in [3.63, 3.8) is 0 Å². The second-order valence-electron chi connectivity index (χ2n) is 3.74. The molecule has 16 heavy (non-hydrogen) atoms. The molecule has 0 amide bonds. The van der Waals surface area contributed by atoms with Crippen molar-refractivity contribution < 1.29 is 4.74 Å². The molecule has 2 heterocycles. The van der Waals surface area contributed by atoms with Crippen molar-refractivity contribution in [3.8, 4) is 5.88 Å². The summed E-state index contributed by atoms with van der Waals surface area (Å²) in [6.07, 6.45) is 1.51. The van der Waals surface area contributed by atoms with Crippen LogP contribution in [0.1, 0.15) is 13.8 Å². The Labute approximate surface area is 94.8 Å². The maximum atomic E-state index is 5.32. The minimum Gasteiger partial charge on any atom is -0.478 e. The van der Waals surface area contributed by atoms with E-state index in [9.17, 15) is 0 Å². The second kappa shape index (κ2) is 5.09. The average molecular weight is 223 g/mol. The van der Waals surface area contributed by atoms with Crippen LogP contribution in [0.5, 0.6) is 5.88 Å². The Morgan fingerprint density at radius 3 is 3.12 bits per heavy atom. The van der Waals surface area contributed by atoms with Crippen LogP contribution in [0.2, 0.25) is 0 Å². The van der Waals surface area contributed by atoms with Gasteiger partial charge in [-0.2, -0.15) is 0 Å². The molecule has 6 nitrogen and oxygen atoms in total. The summed E-state index contributed by atoms with van der Waals surface area (Å²) in [5.74, 6) is 1.40. The fourth-order valence-electron chi connectivity index (χ4n) is 1.62. The number of hydrogen-bond acceptors (Lipinski definition) is 6. The Bertz CT molecular complexity index is 346. The first kappa shape index (κ1) is 11.1. The number of nitrogens with zero attached hydrogens (tertiary/aromatic N) is 2. The molecule has 1 aliphatic rings. The van der Waals surface area contributed by atoms with Crippen molar-refractivity contribution in [1.82, 2.24) is 20.8 Å². The topological polar surface area (TPSA) is 71.1 Å². The molecule has 1 fully saturated rings. The summed E-state index contributed by atoms with van der Waals surface area (Å²) in [4.78, 5) is 8.18. The van der Waals surface area contributed by atoms with Crippen LogP contribution in [0.3, 0.4) is 0 Å². The highest BCUT2D eigenvalue weighted by atomic mass is 16.5. The van der Waals surface area contributed by atoms with Gasteiger partial charge in [-0.1, -0.05) is 0 Å². The van der Waals surface area contributed by atoms with Crippen molar-refractivity contribution >= 4 is 5.82 Å². The van der Waals surface area contributed by atoms with Gasteiger partial charge in [0.1, 0.15) is 12.1 Å². The lowest BCUT2D eigenvalue weighted by Gasteiger charge is -2.16. The maximum Gasteiger partial charge on any atom is 0.218 e. The first-order chi connectivity index (χ1) is 7.79. The predicted octanol–water partition coefficient (Wildman–Crippen LogP) is 0.152. The SMILES string of the molecule is CCOc1cc(NC2CNNC2C)ncn1. The molecule has 1 aromatic heterocycles. The van der Waals surface area contributed by atoms with Crippen molar-refractivity contribution in [1.29, 1.82) is 0 Å². The molecular formula is C10H17N5O. The molecule has 6 heteroatoms. The largest absolute Gasteiger partial charge is 0.478 e. The van der Waals surface area contributed by atoms with E-state index in [1.165, 1.54) is 6.33 Å². The lowest BCUT2D eigenvalue weighted by Crippen LogP contribution is -2.34. The number of hydrogen-bond donors (Lipinski definition) is 3. The highest BCUT2D eigenvalue weighted by Gasteiger charge is 2.22. The minimum atomic E-state index is 0.323. The summed E-state index contributed by atoms with van der Waals surface area (Å²) < 4.78 is 5.32. The summed E-state index contributed by atoms with van der Waals surface area (Å²) in [6, 6.07) is 2.50. The maximum absolute atomic E-state index is 5.32. The highest BCUT2D eigenvalue weighted by molar-refractivity contribution is 5.38. The van der Waals surface area contributed by atoms with Crippen molar-refractivity contribution in [2.24, 2.45) is 0 Å². The normalized spacial score (nSPS) is 24.4. The molecular weight excluding hydrogens is 206 g/mol. The zero-order chi connectivity index (χ0) is 11.4. The Kier molecular flexibility index (Phi) is 3.53. The number of aromatic nitrogens is 2. The molecule has 2 atom stereocenters. The zero-order valence-corrected chi connectivity index (χ0v) is 9.53. The van der Waals surface area contributed by atoms with Crippen molar-refractivity contribution in [2.45, 2.75) is 25.9 Å². The number of anilines is 1. The lowest BCUT2D eigenvalue weighted by molar-refractivity contribution is 0.326. The first-order valence-corrected chi connectivity index (χ1v) is 5.49. The summed E-state index contributed by atoms with van der Waals surface area (Å²) in [7, 11) is 0. The molecule has 2 rings (SSSR count). The first-order valence-electron chi connectivity index (χ1n) is 5.49. The molecule has 0 bridgehead atoms. The summed E-state index contributed by atoms with van der Waals surface area (Å²) in [6.45, 7) is 5.53. The van der Waals surface area contributed by atoms with E-state index in [0.29, 0.717) is 24.6 Å². The third kappa shape index (κ3) is 2.59. The summed E-state index contributed by atoms with van der Waals surface area (Å²) in [5, 5.41) is 3.33. The Morgan fingerprint density at radius 2 is 2.44 bits per heavy atom. The molecule has 1 aliphatic heterocycles. The highest BCUT2D eigenvalue weighted by Crippen LogP contribution is 2.13. The quantitative estimate of drug-likeness (QED) is 0.675. The van der Waals surface area contributed by atoms with Gasteiger partial charge in [0.15, 0.2) is 0 Å². The van der Waals surface area contributed by atoms with Crippen LogP contribution in [0.25, 0.3) is 0 Å². The third-order valence-electron chi connectivity index (χ3n) is 2.52. The molecule has 2 unspecified atom stereocenters. The zero-order valence-electron chi connectivity index (χ0n) is 9.53. The van der Waals surface area contributed by atoms with Crippen LogP contribution >= 0.6 is 0 Å². The molecule has 0 aliphatic carbocycles. The van der Waals surface area contributed by atoms with E-state index >= 15 is 0 Å². The lowest BCUT2D eigenvalue weighted by atomic mass is 10.2. The molecule has 88 valence electrons. The molecule has 0 aromatic carbocycles. The van der Waals surface area contributed by atoms with Crippen LogP contribution in [0.15, 0.2) is 12.4 Å². The fourth-order valence-corrected chi connectivity index (χ4v) is 1.62. The van der Waals surface area contributed by atoms with Gasteiger partial charge < -0.3 is 10.1 Å². The number of nitrogens with one attached hydrogen (secondary N) is 3. The molecule has 0 spiro atoms. The third-order valence-corrected chi connectivity index (χ3v) is 2.52. The van der Waals surface area contributed by atoms with Crippen molar-refractivity contribution in [2.75, 3.05) is 18.5 Å². The van der Waals surface area contributed by atoms with Crippen LogP contribution in [-0.4, -0.2) is 35.2 Å². The van der Waals surface area contributed by atoms with E-state index in [1.54, 1.807) is 0 Å². The van der Waals surface area contributed by atoms with Gasteiger partial charge in [-0.25, -0.2) is 9.97 Å². The smallest absolute Gasteiger partial charge is 0.218 e. The van der Waals surface area contributed by atoms with E-state index in [-0.39, 0.29) is 0 Å². The van der Waals surface area contributed by atoms with E-state index in [0.717, 1.165) is 12.4 Å². The predicted molar refractivity (Wildman–Crippen MR) is 61.2 cm³/mol. The van der Waals surface area contributed by atoms with E-state index in [2.05, 4.69) is 33.1 Å². The minimum absolute atomic E-state index is 0.323. The Balaban J connectivity index is 2.00. The second-order valence-corrected chi connectivity index (χ2v) is 3.74. The molecule has 1 aromatic rings. The monoisotopic (exact) mass is 223 g/mol. The molecule has 0 saturated carbocycles. The van der Waals surface area contributed by atoms with Crippen LogP contribution in [0, 0.1) is 0 Å². The summed E-state index contributed by atoms with van der Waals surface area (Å²) in [5.41, 5.74) is 6.24. The number of hydrazine groups is 1. The Hall–Kier alpha value is -1.40. The fraction of sp³-hybridized carbons (Fsp3) is 0.600. The number of rotatable bonds is 4. The van der Waals surface area contributed by atoms with Crippen LogP contribution < -0.4 is 20.9 Å². The van der Waals surface area contributed by atoms with Crippen LogP contribution in [0.4, 0.5) is 5.82 Å². The van der Waals surface area contributed by atoms with Crippen LogP contribution in [-0.2, 0) is 0 Å². The van der Waals surface area contributed by atoms with Gasteiger partial charge in [-0.15, -0.1) is 0 Å². The Morgan fingerprint density at radius 1 is 1.56 bits per heavy atom. The van der Waals surface area contributed by atoms with Gasteiger partial charge in [0, 0.05) is 18.7 Å². The van der Waals surface area contributed by atoms with E-state index < -0.39 is 0 Å². The molecule has 1 saturated heterocycles. The summed E-state index contributed by atoms with van der Waals surface area (Å²) >= 11 is 0. The van der Waals surface area contributed by atoms with Gasteiger partial charge in [0.25, 0.3) is 0 Å². The number of ether oxygens (including phenoxy) is 1. The van der Waals surface area contributed by atoms with Gasteiger partial charge in [0.05, 0.1) is 12.6 Å². The average Bonchev–Trinajstić information content (AvgIpc) is 2.66. The molecule has 0 radical (unpaired) electrons. The van der Waals surface area contributed by atoms with E-state index in [4.69, 9.17) is 4.74 Å². The van der Waals surface area contributed by atoms with Gasteiger partial charge >= 0.3 is 0 Å². The standard InChI is InChI=1S/C10H17N5O/c1-3-16-10-4-9(11-6-12-10)14-8-5-13-15-7(8)2/h4,6-8,13,15H,3,5H2,1-2H3,(H,11,12,14). The van der Waals surface area contributed by atoms with Gasteiger partial charge in [-0.3, -0.25) is 10.9 Å². The van der Waals surface area contributed by atoms with Gasteiger partial charge in [-0.05, 0) is 13.8 Å². The molecule has 3 N–H and O–H groups in total.